The van der Waals surface area contributed by atoms with E-state index in [0.717, 1.165) is 12.2 Å². The number of amides is 1. The fourth-order valence-electron chi connectivity index (χ4n) is 3.15. The summed E-state index contributed by atoms with van der Waals surface area (Å²) in [6.45, 7) is 1.33. The van der Waals surface area contributed by atoms with Gasteiger partial charge in [-0.3, -0.25) is 4.79 Å². The molecule has 1 fully saturated rings. The van der Waals surface area contributed by atoms with Crippen molar-refractivity contribution in [2.75, 3.05) is 38.7 Å². The number of hydrogen-bond donors (Lipinski definition) is 0. The van der Waals surface area contributed by atoms with E-state index < -0.39 is 6.10 Å². The topological polar surface area (TPSA) is 77.0 Å². The molecule has 0 radical (unpaired) electrons. The highest BCUT2D eigenvalue weighted by atomic mass is 16.6. The van der Waals surface area contributed by atoms with Crippen molar-refractivity contribution in [1.82, 2.24) is 15.1 Å². The molecule has 1 aromatic heterocycles. The predicted molar refractivity (Wildman–Crippen MR) is 98.3 cm³/mol. The summed E-state index contributed by atoms with van der Waals surface area (Å²) in [6.07, 6.45) is 0.00980. The van der Waals surface area contributed by atoms with E-state index >= 15 is 0 Å². The van der Waals surface area contributed by atoms with E-state index in [1.165, 1.54) is 0 Å². The van der Waals surface area contributed by atoms with Crippen LogP contribution in [-0.2, 0) is 4.79 Å². The van der Waals surface area contributed by atoms with E-state index in [1.54, 1.807) is 17.0 Å². The first-order valence-corrected chi connectivity index (χ1v) is 8.95. The molecule has 4 rings (SSSR count). The van der Waals surface area contributed by atoms with Gasteiger partial charge in [-0.05, 0) is 18.2 Å². The summed E-state index contributed by atoms with van der Waals surface area (Å²) < 4.78 is 17.3. The van der Waals surface area contributed by atoms with Gasteiger partial charge in [0, 0.05) is 33.1 Å². The van der Waals surface area contributed by atoms with Gasteiger partial charge in [-0.25, -0.2) is 0 Å². The van der Waals surface area contributed by atoms with Crippen LogP contribution in [0.5, 0.6) is 17.4 Å². The van der Waals surface area contributed by atoms with Crippen molar-refractivity contribution in [3.05, 3.63) is 36.4 Å². The molecule has 2 atom stereocenters. The van der Waals surface area contributed by atoms with Crippen LogP contribution >= 0.6 is 0 Å². The zero-order valence-corrected chi connectivity index (χ0v) is 15.4. The number of rotatable bonds is 4. The highest BCUT2D eigenvalue weighted by Crippen LogP contribution is 2.31. The third-order valence-corrected chi connectivity index (χ3v) is 4.61. The maximum Gasteiger partial charge on any atom is 0.267 e. The Kier molecular flexibility index (Phi) is 4.70. The summed E-state index contributed by atoms with van der Waals surface area (Å²) in [6, 6.07) is 11.0. The van der Waals surface area contributed by atoms with E-state index in [-0.39, 0.29) is 18.6 Å². The Morgan fingerprint density at radius 3 is 2.74 bits per heavy atom. The van der Waals surface area contributed by atoms with Crippen molar-refractivity contribution in [2.24, 2.45) is 0 Å². The molecule has 1 amide bonds. The van der Waals surface area contributed by atoms with Gasteiger partial charge >= 0.3 is 0 Å². The second-order valence-corrected chi connectivity index (χ2v) is 6.80. The number of ether oxygens (including phenoxy) is 3. The molecule has 0 saturated carbocycles. The molecule has 0 unspecified atom stereocenters. The van der Waals surface area contributed by atoms with Gasteiger partial charge in [0.15, 0.2) is 17.3 Å². The molecule has 2 aliphatic heterocycles. The minimum atomic E-state index is -0.627. The number of likely N-dealkylation sites (tertiary alicyclic amines) is 1. The number of carbonyl (C=O) groups is 1. The zero-order chi connectivity index (χ0) is 18.8. The smallest absolute Gasteiger partial charge is 0.267 e. The number of anilines is 1. The number of fused-ring (bicyclic) bond motifs is 1. The van der Waals surface area contributed by atoms with Gasteiger partial charge in [-0.2, -0.15) is 0 Å². The number of carbonyl (C=O) groups excluding carboxylic acids is 1. The van der Waals surface area contributed by atoms with Gasteiger partial charge in [0.1, 0.15) is 12.7 Å². The summed E-state index contributed by atoms with van der Waals surface area (Å²) in [5.41, 5.74) is 0. The van der Waals surface area contributed by atoms with Crippen LogP contribution in [0.15, 0.2) is 36.4 Å². The molecule has 1 saturated heterocycles. The van der Waals surface area contributed by atoms with Crippen molar-refractivity contribution in [3.63, 3.8) is 0 Å². The molecule has 0 bridgehead atoms. The lowest BCUT2D eigenvalue weighted by Gasteiger charge is -2.28. The maximum absolute atomic E-state index is 12.8. The van der Waals surface area contributed by atoms with E-state index in [1.807, 2.05) is 43.3 Å². The Morgan fingerprint density at radius 1 is 1.19 bits per heavy atom. The Labute approximate surface area is 157 Å². The lowest BCUT2D eigenvalue weighted by atomic mass is 10.2. The Morgan fingerprint density at radius 2 is 2.00 bits per heavy atom. The highest BCUT2D eigenvalue weighted by molar-refractivity contribution is 5.82. The van der Waals surface area contributed by atoms with Gasteiger partial charge in [-0.1, -0.05) is 12.1 Å². The fourth-order valence-corrected chi connectivity index (χ4v) is 3.15. The Balaban J connectivity index is 1.33. The lowest BCUT2D eigenvalue weighted by Crippen LogP contribution is -2.46. The summed E-state index contributed by atoms with van der Waals surface area (Å²) in [4.78, 5) is 16.4. The molecule has 2 aliphatic rings. The normalized spacial score (nSPS) is 21.0. The first kappa shape index (κ1) is 17.4. The van der Waals surface area contributed by atoms with Crippen LogP contribution in [0.1, 0.15) is 6.42 Å². The molecule has 0 N–H and O–H groups in total. The van der Waals surface area contributed by atoms with Crippen molar-refractivity contribution < 1.29 is 19.0 Å². The molecule has 2 aromatic rings. The van der Waals surface area contributed by atoms with Crippen LogP contribution in [0.25, 0.3) is 0 Å². The molecule has 0 aliphatic carbocycles. The number of para-hydroxylation sites is 2. The number of benzene rings is 1. The van der Waals surface area contributed by atoms with E-state index in [2.05, 4.69) is 10.2 Å². The van der Waals surface area contributed by atoms with Gasteiger partial charge in [0.2, 0.25) is 12.0 Å². The Hall–Kier alpha value is -3.03. The van der Waals surface area contributed by atoms with Gasteiger partial charge < -0.3 is 24.0 Å². The third kappa shape index (κ3) is 3.74. The molecule has 8 nitrogen and oxygen atoms in total. The molecular weight excluding hydrogens is 348 g/mol. The number of nitrogens with zero attached hydrogens (tertiary/aromatic N) is 4. The van der Waals surface area contributed by atoms with E-state index in [9.17, 15) is 4.79 Å². The summed E-state index contributed by atoms with van der Waals surface area (Å²) in [5.74, 6) is 2.42. The average Bonchev–Trinajstić information content (AvgIpc) is 3.16. The van der Waals surface area contributed by atoms with Gasteiger partial charge in [0.05, 0.1) is 6.54 Å². The number of hydrogen-bond acceptors (Lipinski definition) is 7. The van der Waals surface area contributed by atoms with Crippen molar-refractivity contribution in [2.45, 2.75) is 18.6 Å². The highest BCUT2D eigenvalue weighted by Gasteiger charge is 2.35. The number of aromatic nitrogens is 2. The van der Waals surface area contributed by atoms with Crippen LogP contribution in [0.3, 0.4) is 0 Å². The van der Waals surface area contributed by atoms with Crippen LogP contribution in [-0.4, -0.2) is 67.0 Å². The van der Waals surface area contributed by atoms with Crippen LogP contribution in [0.2, 0.25) is 0 Å². The summed E-state index contributed by atoms with van der Waals surface area (Å²) in [5, 5.41) is 8.19. The second kappa shape index (κ2) is 7.30. The molecule has 1 aromatic carbocycles. The monoisotopic (exact) mass is 370 g/mol. The average molecular weight is 370 g/mol. The summed E-state index contributed by atoms with van der Waals surface area (Å²) in [7, 11) is 3.81. The zero-order valence-electron chi connectivity index (χ0n) is 15.4. The SMILES string of the molecule is CN(C)c1ccc(O[C@@H]2CCN(C(=O)[C@@H]3COc4ccccc4O3)C2)nn1. The second-order valence-electron chi connectivity index (χ2n) is 6.80. The minimum Gasteiger partial charge on any atom is -0.485 e. The van der Waals surface area contributed by atoms with E-state index in [4.69, 9.17) is 14.2 Å². The van der Waals surface area contributed by atoms with Gasteiger partial charge in [0.25, 0.3) is 5.91 Å². The van der Waals surface area contributed by atoms with Crippen LogP contribution < -0.4 is 19.1 Å². The van der Waals surface area contributed by atoms with Crippen LogP contribution in [0.4, 0.5) is 5.82 Å². The first-order chi connectivity index (χ1) is 13.1. The van der Waals surface area contributed by atoms with Crippen molar-refractivity contribution in [3.8, 4) is 17.4 Å². The van der Waals surface area contributed by atoms with E-state index in [0.29, 0.717) is 30.5 Å². The molecule has 3 heterocycles. The lowest BCUT2D eigenvalue weighted by molar-refractivity contribution is -0.140. The molecule has 8 heteroatoms. The third-order valence-electron chi connectivity index (χ3n) is 4.61. The first-order valence-electron chi connectivity index (χ1n) is 8.95. The fraction of sp³-hybridized carbons (Fsp3) is 0.421. The molecule has 27 heavy (non-hydrogen) atoms. The minimum absolute atomic E-state index is 0.0790. The van der Waals surface area contributed by atoms with Crippen molar-refractivity contribution >= 4 is 11.7 Å². The molecule has 0 spiro atoms. The molecular formula is C19H22N4O4. The quantitative estimate of drug-likeness (QED) is 0.804. The Bertz CT molecular complexity index is 812. The largest absolute Gasteiger partial charge is 0.485 e. The maximum atomic E-state index is 12.8. The predicted octanol–water partition coefficient (Wildman–Crippen LogP) is 1.36. The summed E-state index contributed by atoms with van der Waals surface area (Å²) >= 11 is 0. The van der Waals surface area contributed by atoms with Gasteiger partial charge in [-0.15, -0.1) is 10.2 Å². The standard InChI is InChI=1S/C19H22N4O4/c1-22(2)17-7-8-18(21-20-17)26-13-9-10-23(11-13)19(24)16-12-25-14-5-3-4-6-15(14)27-16/h3-8,13,16H,9-12H2,1-2H3/t13-,16+/m1/s1. The van der Waals surface area contributed by atoms with Crippen molar-refractivity contribution in [1.29, 1.82) is 0 Å². The van der Waals surface area contributed by atoms with Crippen LogP contribution in [0, 0.1) is 0 Å². The molecule has 142 valence electrons.